The van der Waals surface area contributed by atoms with Gasteiger partial charge in [-0.25, -0.2) is 0 Å². The van der Waals surface area contributed by atoms with Crippen molar-refractivity contribution in [3.05, 3.63) is 34.9 Å². The molecule has 0 saturated carbocycles. The van der Waals surface area contributed by atoms with Crippen molar-refractivity contribution >= 4 is 12.4 Å². The highest BCUT2D eigenvalue weighted by Gasteiger charge is 2.00. The van der Waals surface area contributed by atoms with Gasteiger partial charge >= 0.3 is 0 Å². The van der Waals surface area contributed by atoms with Crippen LogP contribution >= 0.6 is 12.4 Å². The molecule has 0 saturated heterocycles. The van der Waals surface area contributed by atoms with E-state index in [4.69, 9.17) is 0 Å². The van der Waals surface area contributed by atoms with Gasteiger partial charge in [0.2, 0.25) is 0 Å². The van der Waals surface area contributed by atoms with Gasteiger partial charge in [-0.15, -0.1) is 12.4 Å². The molecule has 1 rings (SSSR count). The zero-order chi connectivity index (χ0) is 14.6. The molecule has 0 bridgehead atoms. The molecule has 1 aromatic carbocycles. The molecule has 1 aromatic rings. The highest BCUT2D eigenvalue weighted by molar-refractivity contribution is 5.85. The standard InChI is InChI=1S/C20H34.ClH/c1-4-5-6-7-8-9-10-11-12-13-16-20-17-14-15-18(2)19(20)3;/h14-15,17H,4-13,16H2,1-3H3;1H. The topological polar surface area (TPSA) is 0 Å². The van der Waals surface area contributed by atoms with Crippen LogP contribution in [0.15, 0.2) is 18.2 Å². The molecule has 0 heterocycles. The van der Waals surface area contributed by atoms with Gasteiger partial charge in [-0.2, -0.15) is 0 Å². The van der Waals surface area contributed by atoms with E-state index in [9.17, 15) is 0 Å². The first-order valence-corrected chi connectivity index (χ1v) is 8.80. The number of benzene rings is 1. The van der Waals surface area contributed by atoms with Crippen molar-refractivity contribution in [3.63, 3.8) is 0 Å². The minimum Gasteiger partial charge on any atom is -0.147 e. The van der Waals surface area contributed by atoms with E-state index in [1.807, 2.05) is 0 Å². The maximum Gasteiger partial charge on any atom is -0.0276 e. The minimum atomic E-state index is 0. The quantitative estimate of drug-likeness (QED) is 0.379. The molecule has 122 valence electrons. The summed E-state index contributed by atoms with van der Waals surface area (Å²) in [5, 5.41) is 0. The summed E-state index contributed by atoms with van der Waals surface area (Å²) >= 11 is 0. The Morgan fingerprint density at radius 3 is 1.81 bits per heavy atom. The second-order valence-corrected chi connectivity index (χ2v) is 6.29. The summed E-state index contributed by atoms with van der Waals surface area (Å²) in [6.07, 6.45) is 15.5. The number of aryl methyl sites for hydroxylation is 2. The fourth-order valence-electron chi connectivity index (χ4n) is 2.89. The number of hydrogen-bond donors (Lipinski definition) is 0. The first kappa shape index (κ1) is 20.5. The Morgan fingerprint density at radius 2 is 1.24 bits per heavy atom. The number of halogens is 1. The Morgan fingerprint density at radius 1 is 0.714 bits per heavy atom. The van der Waals surface area contributed by atoms with Gasteiger partial charge in [-0.1, -0.05) is 82.9 Å². The van der Waals surface area contributed by atoms with Crippen molar-refractivity contribution in [2.45, 2.75) is 91.4 Å². The van der Waals surface area contributed by atoms with Gasteiger partial charge in [0, 0.05) is 0 Å². The zero-order valence-corrected chi connectivity index (χ0v) is 15.2. The third kappa shape index (κ3) is 9.19. The van der Waals surface area contributed by atoms with E-state index in [-0.39, 0.29) is 12.4 Å². The fourth-order valence-corrected chi connectivity index (χ4v) is 2.89. The SMILES string of the molecule is CCCCCCCCCCCCc1cccc(C)c1C.Cl. The number of rotatable bonds is 11. The summed E-state index contributed by atoms with van der Waals surface area (Å²) in [5.74, 6) is 0. The average Bonchev–Trinajstić information content (AvgIpc) is 2.45. The lowest BCUT2D eigenvalue weighted by molar-refractivity contribution is 0.556. The second-order valence-electron chi connectivity index (χ2n) is 6.29. The van der Waals surface area contributed by atoms with Crippen LogP contribution in [0.2, 0.25) is 0 Å². The number of unbranched alkanes of at least 4 members (excludes halogenated alkanes) is 9. The molecular formula is C20H35Cl. The molecule has 1 heteroatoms. The van der Waals surface area contributed by atoms with Gasteiger partial charge in [0.05, 0.1) is 0 Å². The fraction of sp³-hybridized carbons (Fsp3) is 0.700. The van der Waals surface area contributed by atoms with Gasteiger partial charge in [0.25, 0.3) is 0 Å². The molecule has 0 aromatic heterocycles. The van der Waals surface area contributed by atoms with Crippen LogP contribution in [0.4, 0.5) is 0 Å². The normalized spacial score (nSPS) is 10.4. The van der Waals surface area contributed by atoms with Crippen molar-refractivity contribution in [2.24, 2.45) is 0 Å². The summed E-state index contributed by atoms with van der Waals surface area (Å²) in [6.45, 7) is 6.77. The maximum absolute atomic E-state index is 2.30. The van der Waals surface area contributed by atoms with Gasteiger partial charge in [0.15, 0.2) is 0 Å². The molecule has 0 nitrogen and oxygen atoms in total. The van der Waals surface area contributed by atoms with Crippen molar-refractivity contribution in [2.75, 3.05) is 0 Å². The molecule has 0 spiro atoms. The Hall–Kier alpha value is -0.490. The van der Waals surface area contributed by atoms with Gasteiger partial charge in [-0.3, -0.25) is 0 Å². The lowest BCUT2D eigenvalue weighted by Gasteiger charge is -2.08. The monoisotopic (exact) mass is 310 g/mol. The Kier molecular flexibility index (Phi) is 12.9. The van der Waals surface area contributed by atoms with Crippen LogP contribution in [-0.4, -0.2) is 0 Å². The first-order valence-electron chi connectivity index (χ1n) is 8.80. The van der Waals surface area contributed by atoms with Crippen molar-refractivity contribution in [3.8, 4) is 0 Å². The van der Waals surface area contributed by atoms with E-state index in [0.29, 0.717) is 0 Å². The highest BCUT2D eigenvalue weighted by atomic mass is 35.5. The Bertz CT molecular complexity index is 357. The summed E-state index contributed by atoms with van der Waals surface area (Å²) in [6, 6.07) is 6.72. The van der Waals surface area contributed by atoms with Gasteiger partial charge in [-0.05, 0) is 43.4 Å². The molecule has 21 heavy (non-hydrogen) atoms. The molecule has 0 N–H and O–H groups in total. The lowest BCUT2D eigenvalue weighted by Crippen LogP contribution is -1.92. The van der Waals surface area contributed by atoms with Gasteiger partial charge in [0.1, 0.15) is 0 Å². The smallest absolute Gasteiger partial charge is 0.0276 e. The van der Waals surface area contributed by atoms with E-state index in [2.05, 4.69) is 39.0 Å². The largest absolute Gasteiger partial charge is 0.147 e. The van der Waals surface area contributed by atoms with Crippen molar-refractivity contribution in [1.29, 1.82) is 0 Å². The molecule has 0 unspecified atom stereocenters. The van der Waals surface area contributed by atoms with Crippen LogP contribution in [0.25, 0.3) is 0 Å². The van der Waals surface area contributed by atoms with E-state index < -0.39 is 0 Å². The summed E-state index contributed by atoms with van der Waals surface area (Å²) in [5.41, 5.74) is 4.50. The third-order valence-electron chi connectivity index (χ3n) is 4.52. The van der Waals surface area contributed by atoms with E-state index in [0.717, 1.165) is 0 Å². The van der Waals surface area contributed by atoms with Crippen LogP contribution in [0.1, 0.15) is 87.8 Å². The average molecular weight is 311 g/mol. The molecule has 0 amide bonds. The molecule has 0 aliphatic carbocycles. The maximum atomic E-state index is 2.30. The van der Waals surface area contributed by atoms with Crippen LogP contribution < -0.4 is 0 Å². The first-order chi connectivity index (χ1) is 9.75. The molecule has 0 aliphatic heterocycles. The van der Waals surface area contributed by atoms with Crippen LogP contribution in [0.3, 0.4) is 0 Å². The Balaban J connectivity index is 0.00000400. The molecular weight excluding hydrogens is 276 g/mol. The van der Waals surface area contributed by atoms with E-state index in [1.165, 1.54) is 81.8 Å². The minimum absolute atomic E-state index is 0. The number of hydrogen-bond acceptors (Lipinski definition) is 0. The van der Waals surface area contributed by atoms with E-state index in [1.54, 1.807) is 5.56 Å². The van der Waals surface area contributed by atoms with Crippen LogP contribution in [0, 0.1) is 13.8 Å². The van der Waals surface area contributed by atoms with Gasteiger partial charge < -0.3 is 0 Å². The predicted octanol–water partition coefficient (Wildman–Crippen LogP) is 7.19. The molecule has 0 fully saturated rings. The Labute approximate surface area is 139 Å². The zero-order valence-electron chi connectivity index (χ0n) is 14.4. The molecule has 0 atom stereocenters. The van der Waals surface area contributed by atoms with Crippen LogP contribution in [-0.2, 0) is 6.42 Å². The third-order valence-corrected chi connectivity index (χ3v) is 4.52. The van der Waals surface area contributed by atoms with Crippen molar-refractivity contribution in [1.82, 2.24) is 0 Å². The highest BCUT2D eigenvalue weighted by Crippen LogP contribution is 2.16. The predicted molar refractivity (Wildman–Crippen MR) is 98.7 cm³/mol. The summed E-state index contributed by atoms with van der Waals surface area (Å²) in [7, 11) is 0. The molecule has 0 radical (unpaired) electrons. The van der Waals surface area contributed by atoms with E-state index >= 15 is 0 Å². The van der Waals surface area contributed by atoms with Crippen LogP contribution in [0.5, 0.6) is 0 Å². The summed E-state index contributed by atoms with van der Waals surface area (Å²) < 4.78 is 0. The summed E-state index contributed by atoms with van der Waals surface area (Å²) in [4.78, 5) is 0. The second kappa shape index (κ2) is 13.2. The van der Waals surface area contributed by atoms with Crippen molar-refractivity contribution < 1.29 is 0 Å². The lowest BCUT2D eigenvalue weighted by atomic mass is 9.98. The molecule has 0 aliphatic rings.